The molecule has 0 aromatic carbocycles. The number of nitrogens with zero attached hydrogens (tertiary/aromatic N) is 3. The first-order valence-electron chi connectivity index (χ1n) is 7.64. The van der Waals surface area contributed by atoms with Crippen LogP contribution in [0.25, 0.3) is 0 Å². The van der Waals surface area contributed by atoms with Crippen LogP contribution >= 0.6 is 11.8 Å². The van der Waals surface area contributed by atoms with Crippen LogP contribution in [0.3, 0.4) is 0 Å². The van der Waals surface area contributed by atoms with Crippen molar-refractivity contribution in [3.63, 3.8) is 0 Å². The third kappa shape index (κ3) is 5.32. The molecule has 8 heteroatoms. The number of nitrogens with one attached hydrogen (secondary N) is 1. The van der Waals surface area contributed by atoms with Gasteiger partial charge in [0.05, 0.1) is 11.5 Å². The van der Waals surface area contributed by atoms with Gasteiger partial charge < -0.3 is 15.0 Å². The van der Waals surface area contributed by atoms with E-state index < -0.39 is 5.97 Å². The van der Waals surface area contributed by atoms with Crippen LogP contribution in [-0.2, 0) is 29.0 Å². The summed E-state index contributed by atoms with van der Waals surface area (Å²) in [6, 6.07) is 0. The SMILES string of the molecule is O=C(O)CSCC(=O)NCCCc1nnc2n1CCCCC2. The molecule has 1 aliphatic rings. The topological polar surface area (TPSA) is 97.1 Å². The second-order valence-electron chi connectivity index (χ2n) is 5.33. The molecular weight excluding hydrogens is 304 g/mol. The normalized spacial score (nSPS) is 14.2. The average Bonchev–Trinajstić information content (AvgIpc) is 2.70. The molecule has 1 aromatic rings. The molecule has 0 unspecified atom stereocenters. The van der Waals surface area contributed by atoms with Gasteiger partial charge in [0.15, 0.2) is 0 Å². The maximum Gasteiger partial charge on any atom is 0.313 e. The van der Waals surface area contributed by atoms with Crippen molar-refractivity contribution < 1.29 is 14.7 Å². The minimum atomic E-state index is -0.898. The Balaban J connectivity index is 1.65. The summed E-state index contributed by atoms with van der Waals surface area (Å²) >= 11 is 1.11. The highest BCUT2D eigenvalue weighted by Gasteiger charge is 2.14. The Morgan fingerprint density at radius 2 is 2.09 bits per heavy atom. The van der Waals surface area contributed by atoms with Gasteiger partial charge in [0.1, 0.15) is 11.6 Å². The number of aromatic nitrogens is 3. The van der Waals surface area contributed by atoms with Crippen LogP contribution in [0, 0.1) is 0 Å². The number of aryl methyl sites for hydroxylation is 2. The lowest BCUT2D eigenvalue weighted by Crippen LogP contribution is -2.27. The minimum absolute atomic E-state index is 0.0424. The number of thioether (sulfide) groups is 1. The highest BCUT2D eigenvalue weighted by atomic mass is 32.2. The summed E-state index contributed by atoms with van der Waals surface area (Å²) in [6.07, 6.45) is 6.22. The lowest BCUT2D eigenvalue weighted by atomic mass is 10.2. The molecule has 1 amide bonds. The maximum absolute atomic E-state index is 11.5. The number of hydrogen-bond acceptors (Lipinski definition) is 5. The highest BCUT2D eigenvalue weighted by molar-refractivity contribution is 8.00. The number of amides is 1. The third-order valence-electron chi connectivity index (χ3n) is 3.54. The van der Waals surface area contributed by atoms with Crippen LogP contribution in [0.2, 0.25) is 0 Å². The second kappa shape index (κ2) is 8.77. The number of rotatable bonds is 8. The van der Waals surface area contributed by atoms with E-state index in [9.17, 15) is 9.59 Å². The van der Waals surface area contributed by atoms with E-state index in [0.717, 1.165) is 49.2 Å². The fourth-order valence-electron chi connectivity index (χ4n) is 2.49. The van der Waals surface area contributed by atoms with Crippen molar-refractivity contribution in [2.45, 2.75) is 45.1 Å². The lowest BCUT2D eigenvalue weighted by molar-refractivity contribution is -0.133. The molecule has 22 heavy (non-hydrogen) atoms. The average molecular weight is 326 g/mol. The van der Waals surface area contributed by atoms with Crippen LogP contribution in [-0.4, -0.2) is 49.8 Å². The van der Waals surface area contributed by atoms with Crippen LogP contribution in [0.1, 0.15) is 37.3 Å². The summed E-state index contributed by atoms with van der Waals surface area (Å²) in [7, 11) is 0. The Hall–Kier alpha value is -1.57. The molecule has 7 nitrogen and oxygen atoms in total. The summed E-state index contributed by atoms with van der Waals surface area (Å²) in [5.41, 5.74) is 0. The molecular formula is C14H22N4O3S. The van der Waals surface area contributed by atoms with E-state index in [1.165, 1.54) is 19.3 Å². The summed E-state index contributed by atoms with van der Waals surface area (Å²) in [4.78, 5) is 21.9. The number of fused-ring (bicyclic) bond motifs is 1. The van der Waals surface area contributed by atoms with E-state index in [1.54, 1.807) is 0 Å². The molecule has 0 aliphatic carbocycles. The maximum atomic E-state index is 11.5. The van der Waals surface area contributed by atoms with E-state index in [4.69, 9.17) is 5.11 Å². The van der Waals surface area contributed by atoms with Gasteiger partial charge in [-0.25, -0.2) is 0 Å². The van der Waals surface area contributed by atoms with E-state index in [2.05, 4.69) is 20.1 Å². The van der Waals surface area contributed by atoms with E-state index >= 15 is 0 Å². The molecule has 2 rings (SSSR count). The van der Waals surface area contributed by atoms with Gasteiger partial charge in [-0.05, 0) is 19.3 Å². The van der Waals surface area contributed by atoms with E-state index in [1.807, 2.05) is 0 Å². The zero-order valence-electron chi connectivity index (χ0n) is 12.6. The molecule has 2 heterocycles. The quantitative estimate of drug-likeness (QED) is 0.688. The minimum Gasteiger partial charge on any atom is -0.481 e. The fraction of sp³-hybridized carbons (Fsp3) is 0.714. The molecule has 1 aromatic heterocycles. The first kappa shape index (κ1) is 16.8. The molecule has 0 spiro atoms. The first-order chi connectivity index (χ1) is 10.7. The number of hydrogen-bond donors (Lipinski definition) is 2. The number of carbonyl (C=O) groups excluding carboxylic acids is 1. The lowest BCUT2D eigenvalue weighted by Gasteiger charge is -2.07. The van der Waals surface area contributed by atoms with Gasteiger partial charge in [-0.3, -0.25) is 9.59 Å². The van der Waals surface area contributed by atoms with Crippen LogP contribution in [0.4, 0.5) is 0 Å². The van der Waals surface area contributed by atoms with E-state index in [0.29, 0.717) is 6.54 Å². The molecule has 0 saturated carbocycles. The summed E-state index contributed by atoms with van der Waals surface area (Å²) < 4.78 is 2.22. The van der Waals surface area contributed by atoms with Gasteiger partial charge in [0.25, 0.3) is 0 Å². The number of carbonyl (C=O) groups is 2. The Kier molecular flexibility index (Phi) is 6.70. The van der Waals surface area contributed by atoms with Crippen molar-refractivity contribution in [3.8, 4) is 0 Å². The van der Waals surface area contributed by atoms with Crippen molar-refractivity contribution in [2.75, 3.05) is 18.1 Å². The fourth-order valence-corrected chi connectivity index (χ4v) is 3.05. The first-order valence-corrected chi connectivity index (χ1v) is 8.79. The van der Waals surface area contributed by atoms with Crippen molar-refractivity contribution in [1.82, 2.24) is 20.1 Å². The molecule has 0 fully saturated rings. The number of carboxylic acids is 1. The zero-order chi connectivity index (χ0) is 15.8. The largest absolute Gasteiger partial charge is 0.481 e. The van der Waals surface area contributed by atoms with Crippen LogP contribution < -0.4 is 5.32 Å². The molecule has 1 aliphatic heterocycles. The number of carboxylic acid groups (broad SMARTS) is 1. The molecule has 122 valence electrons. The Bertz CT molecular complexity index is 518. The molecule has 0 saturated heterocycles. The van der Waals surface area contributed by atoms with Crippen LogP contribution in [0.5, 0.6) is 0 Å². The number of aliphatic carboxylic acids is 1. The Labute approximate surface area is 133 Å². The third-order valence-corrected chi connectivity index (χ3v) is 4.46. The summed E-state index contributed by atoms with van der Waals surface area (Å²) in [5.74, 6) is 1.22. The summed E-state index contributed by atoms with van der Waals surface area (Å²) in [5, 5.41) is 19.8. The van der Waals surface area contributed by atoms with Gasteiger partial charge in [-0.15, -0.1) is 22.0 Å². The van der Waals surface area contributed by atoms with Crippen molar-refractivity contribution in [2.24, 2.45) is 0 Å². The molecule has 0 radical (unpaired) electrons. The Morgan fingerprint density at radius 3 is 2.91 bits per heavy atom. The second-order valence-corrected chi connectivity index (χ2v) is 6.32. The van der Waals surface area contributed by atoms with Crippen molar-refractivity contribution >= 4 is 23.6 Å². The predicted octanol–water partition coefficient (Wildman–Crippen LogP) is 0.871. The predicted molar refractivity (Wildman–Crippen MR) is 83.9 cm³/mol. The molecule has 2 N–H and O–H groups in total. The highest BCUT2D eigenvalue weighted by Crippen LogP contribution is 2.15. The summed E-state index contributed by atoms with van der Waals surface area (Å²) in [6.45, 7) is 1.57. The van der Waals surface area contributed by atoms with Gasteiger partial charge in [-0.2, -0.15) is 0 Å². The van der Waals surface area contributed by atoms with E-state index in [-0.39, 0.29) is 17.4 Å². The smallest absolute Gasteiger partial charge is 0.313 e. The standard InChI is InChI=1S/C14H22N4O3S/c19-13(9-22-10-14(20)21)15-7-4-6-12-17-16-11-5-2-1-3-8-18(11)12/h1-10H2,(H,15,19)(H,20,21). The van der Waals surface area contributed by atoms with Crippen LogP contribution in [0.15, 0.2) is 0 Å². The van der Waals surface area contributed by atoms with Crippen molar-refractivity contribution in [1.29, 1.82) is 0 Å². The van der Waals surface area contributed by atoms with Crippen molar-refractivity contribution in [3.05, 3.63) is 11.6 Å². The van der Waals surface area contributed by atoms with Gasteiger partial charge in [0, 0.05) is 25.9 Å². The van der Waals surface area contributed by atoms with Gasteiger partial charge >= 0.3 is 5.97 Å². The molecule has 0 atom stereocenters. The van der Waals surface area contributed by atoms with Gasteiger partial charge in [-0.1, -0.05) is 6.42 Å². The zero-order valence-corrected chi connectivity index (χ0v) is 13.4. The Morgan fingerprint density at radius 1 is 1.23 bits per heavy atom. The molecule has 0 bridgehead atoms. The van der Waals surface area contributed by atoms with Gasteiger partial charge in [0.2, 0.25) is 5.91 Å². The monoisotopic (exact) mass is 326 g/mol.